The Hall–Kier alpha value is -0.590. The van der Waals surface area contributed by atoms with Gasteiger partial charge in [-0.1, -0.05) is 13.8 Å². The second kappa shape index (κ2) is 4.08. The van der Waals surface area contributed by atoms with E-state index in [1.54, 1.807) is 0 Å². The van der Waals surface area contributed by atoms with E-state index in [-0.39, 0.29) is 6.04 Å². The molecular weight excluding hydrogens is 162 g/mol. The standard InChI is InChI=1S/C10H19N3/c1-10(2)4-5-13(8-10)7-9(6-11)12-3/h9,12H,4-5,7-8H2,1-3H3. The summed E-state index contributed by atoms with van der Waals surface area (Å²) in [6.07, 6.45) is 1.24. The highest BCUT2D eigenvalue weighted by Gasteiger charge is 2.29. The molecule has 0 radical (unpaired) electrons. The maximum Gasteiger partial charge on any atom is 0.108 e. The number of nitrogens with one attached hydrogen (secondary N) is 1. The minimum absolute atomic E-state index is 0.0195. The predicted molar refractivity (Wildman–Crippen MR) is 53.3 cm³/mol. The highest BCUT2D eigenvalue weighted by molar-refractivity contribution is 4.93. The SMILES string of the molecule is CNC(C#N)CN1CCC(C)(C)C1. The van der Waals surface area contributed by atoms with E-state index in [0.29, 0.717) is 5.41 Å². The third-order valence-corrected chi connectivity index (χ3v) is 2.70. The summed E-state index contributed by atoms with van der Waals surface area (Å²) in [5, 5.41) is 11.8. The van der Waals surface area contributed by atoms with Gasteiger partial charge in [-0.2, -0.15) is 5.26 Å². The fourth-order valence-electron chi connectivity index (χ4n) is 1.83. The van der Waals surface area contributed by atoms with Crippen LogP contribution in [0.2, 0.25) is 0 Å². The highest BCUT2D eigenvalue weighted by Crippen LogP contribution is 2.28. The summed E-state index contributed by atoms with van der Waals surface area (Å²) in [7, 11) is 1.84. The summed E-state index contributed by atoms with van der Waals surface area (Å²) in [5.41, 5.74) is 0.438. The van der Waals surface area contributed by atoms with Crippen LogP contribution in [0.1, 0.15) is 20.3 Å². The van der Waals surface area contributed by atoms with Gasteiger partial charge in [-0.3, -0.25) is 0 Å². The number of likely N-dealkylation sites (tertiary alicyclic amines) is 1. The van der Waals surface area contributed by atoms with Crippen molar-refractivity contribution in [2.24, 2.45) is 5.41 Å². The van der Waals surface area contributed by atoms with Crippen LogP contribution in [0.5, 0.6) is 0 Å². The zero-order valence-corrected chi connectivity index (χ0v) is 8.80. The fourth-order valence-corrected chi connectivity index (χ4v) is 1.83. The number of rotatable bonds is 3. The molecule has 0 aromatic rings. The summed E-state index contributed by atoms with van der Waals surface area (Å²) in [6.45, 7) is 7.68. The zero-order chi connectivity index (χ0) is 9.90. The van der Waals surface area contributed by atoms with Crippen molar-refractivity contribution in [2.45, 2.75) is 26.3 Å². The number of nitrogens with zero attached hydrogens (tertiary/aromatic N) is 2. The van der Waals surface area contributed by atoms with Crippen LogP contribution < -0.4 is 5.32 Å². The van der Waals surface area contributed by atoms with Gasteiger partial charge in [-0.25, -0.2) is 0 Å². The van der Waals surface area contributed by atoms with Gasteiger partial charge in [0.2, 0.25) is 0 Å². The van der Waals surface area contributed by atoms with Gasteiger partial charge >= 0.3 is 0 Å². The minimum Gasteiger partial charge on any atom is -0.304 e. The number of hydrogen-bond donors (Lipinski definition) is 1. The molecule has 0 spiro atoms. The van der Waals surface area contributed by atoms with E-state index in [1.165, 1.54) is 6.42 Å². The first-order valence-electron chi connectivity index (χ1n) is 4.86. The van der Waals surface area contributed by atoms with Crippen molar-refractivity contribution in [1.82, 2.24) is 10.2 Å². The summed E-state index contributed by atoms with van der Waals surface area (Å²) >= 11 is 0. The Kier molecular flexibility index (Phi) is 3.29. The van der Waals surface area contributed by atoms with Crippen LogP contribution in [0.4, 0.5) is 0 Å². The van der Waals surface area contributed by atoms with Crippen molar-refractivity contribution in [1.29, 1.82) is 5.26 Å². The fraction of sp³-hybridized carbons (Fsp3) is 0.900. The number of nitriles is 1. The molecule has 13 heavy (non-hydrogen) atoms. The van der Waals surface area contributed by atoms with Crippen LogP contribution >= 0.6 is 0 Å². The second-order valence-electron chi connectivity index (χ2n) is 4.62. The molecule has 1 saturated heterocycles. The van der Waals surface area contributed by atoms with Gasteiger partial charge in [0.25, 0.3) is 0 Å². The second-order valence-corrected chi connectivity index (χ2v) is 4.62. The zero-order valence-electron chi connectivity index (χ0n) is 8.80. The van der Waals surface area contributed by atoms with Gasteiger partial charge in [-0.05, 0) is 25.4 Å². The van der Waals surface area contributed by atoms with Gasteiger partial charge in [0.15, 0.2) is 0 Å². The monoisotopic (exact) mass is 181 g/mol. The van der Waals surface area contributed by atoms with E-state index in [9.17, 15) is 0 Å². The Morgan fingerprint density at radius 1 is 1.62 bits per heavy atom. The first kappa shape index (κ1) is 10.5. The molecule has 0 aromatic heterocycles. The van der Waals surface area contributed by atoms with Crippen LogP contribution in [-0.4, -0.2) is 37.6 Å². The first-order chi connectivity index (χ1) is 6.07. The van der Waals surface area contributed by atoms with Crippen LogP contribution in [0.3, 0.4) is 0 Å². The molecule has 1 atom stereocenters. The molecule has 1 unspecified atom stereocenters. The van der Waals surface area contributed by atoms with Crippen LogP contribution in [0, 0.1) is 16.7 Å². The smallest absolute Gasteiger partial charge is 0.108 e. The van der Waals surface area contributed by atoms with Crippen molar-refractivity contribution < 1.29 is 0 Å². The Bertz CT molecular complexity index is 205. The van der Waals surface area contributed by atoms with E-state index in [1.807, 2.05) is 7.05 Å². The average molecular weight is 181 g/mol. The van der Waals surface area contributed by atoms with Crippen molar-refractivity contribution in [3.8, 4) is 6.07 Å². The number of hydrogen-bond acceptors (Lipinski definition) is 3. The van der Waals surface area contributed by atoms with Crippen molar-refractivity contribution in [3.63, 3.8) is 0 Å². The van der Waals surface area contributed by atoms with Crippen molar-refractivity contribution in [3.05, 3.63) is 0 Å². The molecule has 1 rings (SSSR count). The lowest BCUT2D eigenvalue weighted by atomic mass is 9.93. The summed E-state index contributed by atoms with van der Waals surface area (Å²) in [5.74, 6) is 0. The van der Waals surface area contributed by atoms with Gasteiger partial charge in [-0.15, -0.1) is 0 Å². The maximum atomic E-state index is 8.78. The minimum atomic E-state index is -0.0195. The average Bonchev–Trinajstić information content (AvgIpc) is 2.41. The third-order valence-electron chi connectivity index (χ3n) is 2.70. The topological polar surface area (TPSA) is 39.1 Å². The van der Waals surface area contributed by atoms with Gasteiger partial charge in [0, 0.05) is 13.1 Å². The van der Waals surface area contributed by atoms with Crippen molar-refractivity contribution in [2.75, 3.05) is 26.7 Å². The Balaban J connectivity index is 2.36. The Morgan fingerprint density at radius 2 is 2.31 bits per heavy atom. The normalized spacial score (nSPS) is 24.2. The largest absolute Gasteiger partial charge is 0.304 e. The predicted octanol–water partition coefficient (Wildman–Crippen LogP) is 0.830. The van der Waals surface area contributed by atoms with E-state index in [2.05, 4.69) is 30.1 Å². The number of likely N-dealkylation sites (N-methyl/N-ethyl adjacent to an activating group) is 1. The molecule has 0 amide bonds. The lowest BCUT2D eigenvalue weighted by Crippen LogP contribution is -2.38. The first-order valence-corrected chi connectivity index (χ1v) is 4.86. The molecule has 0 bridgehead atoms. The third kappa shape index (κ3) is 2.98. The molecule has 3 heteroatoms. The molecule has 1 N–H and O–H groups in total. The molecule has 1 aliphatic rings. The lowest BCUT2D eigenvalue weighted by Gasteiger charge is -2.21. The van der Waals surface area contributed by atoms with Gasteiger partial charge in [0.1, 0.15) is 6.04 Å². The Labute approximate surface area is 80.7 Å². The van der Waals surface area contributed by atoms with Gasteiger partial charge in [0.05, 0.1) is 6.07 Å². The van der Waals surface area contributed by atoms with E-state index >= 15 is 0 Å². The van der Waals surface area contributed by atoms with E-state index in [4.69, 9.17) is 5.26 Å². The molecule has 1 heterocycles. The van der Waals surface area contributed by atoms with Crippen LogP contribution in [-0.2, 0) is 0 Å². The summed E-state index contributed by atoms with van der Waals surface area (Å²) in [4.78, 5) is 2.37. The highest BCUT2D eigenvalue weighted by atomic mass is 15.2. The molecule has 1 fully saturated rings. The molecule has 74 valence electrons. The maximum absolute atomic E-state index is 8.78. The molecule has 0 aromatic carbocycles. The quantitative estimate of drug-likeness (QED) is 0.701. The van der Waals surface area contributed by atoms with E-state index in [0.717, 1.165) is 19.6 Å². The van der Waals surface area contributed by atoms with E-state index < -0.39 is 0 Å². The molecule has 1 aliphatic heterocycles. The molecule has 0 aliphatic carbocycles. The molecular formula is C10H19N3. The van der Waals surface area contributed by atoms with Gasteiger partial charge < -0.3 is 10.2 Å². The summed E-state index contributed by atoms with van der Waals surface area (Å²) in [6, 6.07) is 2.23. The van der Waals surface area contributed by atoms with Crippen LogP contribution in [0.25, 0.3) is 0 Å². The molecule has 0 saturated carbocycles. The molecule has 3 nitrogen and oxygen atoms in total. The lowest BCUT2D eigenvalue weighted by molar-refractivity contribution is 0.279. The Morgan fingerprint density at radius 3 is 2.69 bits per heavy atom. The summed E-state index contributed by atoms with van der Waals surface area (Å²) < 4.78 is 0. The van der Waals surface area contributed by atoms with Crippen molar-refractivity contribution >= 4 is 0 Å². The van der Waals surface area contributed by atoms with Crippen LogP contribution in [0.15, 0.2) is 0 Å².